The molecule has 0 aliphatic rings. The molecule has 6 nitrogen and oxygen atoms in total. The van der Waals surface area contributed by atoms with Crippen LogP contribution in [0.1, 0.15) is 15.9 Å². The summed E-state index contributed by atoms with van der Waals surface area (Å²) >= 11 is 0. The first-order chi connectivity index (χ1) is 12.0. The van der Waals surface area contributed by atoms with Gasteiger partial charge in [0.25, 0.3) is 0 Å². The molecule has 7 heteroatoms. The van der Waals surface area contributed by atoms with Crippen LogP contribution < -0.4 is 9.47 Å². The van der Waals surface area contributed by atoms with Crippen LogP contribution in [0.25, 0.3) is 10.9 Å². The van der Waals surface area contributed by atoms with Gasteiger partial charge >= 0.3 is 0 Å². The molecule has 0 saturated heterocycles. The molecule has 0 aliphatic carbocycles. The molecular weight excluding hydrogens is 342 g/mol. The lowest BCUT2D eigenvalue weighted by atomic mass is 10.2. The summed E-state index contributed by atoms with van der Waals surface area (Å²) in [4.78, 5) is 11.4. The minimum absolute atomic E-state index is 0.198. The Balaban J connectivity index is 2.09. The fourth-order valence-electron chi connectivity index (χ4n) is 2.75. The van der Waals surface area contributed by atoms with Gasteiger partial charge in [-0.25, -0.2) is 12.4 Å². The van der Waals surface area contributed by atoms with Gasteiger partial charge in [0.2, 0.25) is 10.0 Å². The van der Waals surface area contributed by atoms with E-state index >= 15 is 0 Å². The van der Waals surface area contributed by atoms with Gasteiger partial charge in [0.1, 0.15) is 11.5 Å². The van der Waals surface area contributed by atoms with E-state index in [1.165, 1.54) is 13.3 Å². The molecule has 0 saturated carbocycles. The van der Waals surface area contributed by atoms with Gasteiger partial charge < -0.3 is 9.47 Å². The van der Waals surface area contributed by atoms with E-state index in [2.05, 4.69) is 0 Å². The SMILES string of the molecule is COc1ccc(CS(=O)(=O)n2cc(C=O)c3c(OC)cccc32)cc1. The molecule has 0 amide bonds. The molecular formula is C18H17NO5S. The second kappa shape index (κ2) is 6.60. The Morgan fingerprint density at radius 1 is 1.04 bits per heavy atom. The summed E-state index contributed by atoms with van der Waals surface area (Å²) in [5.41, 5.74) is 1.30. The van der Waals surface area contributed by atoms with Gasteiger partial charge in [-0.05, 0) is 29.8 Å². The number of fused-ring (bicyclic) bond motifs is 1. The summed E-state index contributed by atoms with van der Waals surface area (Å²) in [5.74, 6) is 0.912. The van der Waals surface area contributed by atoms with Crippen LogP contribution in [0.4, 0.5) is 0 Å². The van der Waals surface area contributed by atoms with Crippen molar-refractivity contribution in [3.8, 4) is 11.5 Å². The van der Waals surface area contributed by atoms with Crippen molar-refractivity contribution in [1.82, 2.24) is 3.97 Å². The molecule has 0 aliphatic heterocycles. The number of ether oxygens (including phenoxy) is 2. The molecule has 0 N–H and O–H groups in total. The number of hydrogen-bond acceptors (Lipinski definition) is 5. The van der Waals surface area contributed by atoms with Crippen molar-refractivity contribution in [2.24, 2.45) is 0 Å². The van der Waals surface area contributed by atoms with Crippen LogP contribution in [0.5, 0.6) is 11.5 Å². The van der Waals surface area contributed by atoms with Crippen molar-refractivity contribution >= 4 is 27.2 Å². The number of hydrogen-bond donors (Lipinski definition) is 0. The third-order valence-corrected chi connectivity index (χ3v) is 5.54. The first-order valence-electron chi connectivity index (χ1n) is 7.49. The largest absolute Gasteiger partial charge is 0.497 e. The molecule has 1 aromatic heterocycles. The topological polar surface area (TPSA) is 74.6 Å². The highest BCUT2D eigenvalue weighted by Crippen LogP contribution is 2.31. The Labute approximate surface area is 145 Å². The maximum absolute atomic E-state index is 12.9. The van der Waals surface area contributed by atoms with Crippen molar-refractivity contribution in [2.45, 2.75) is 5.75 Å². The summed E-state index contributed by atoms with van der Waals surface area (Å²) in [5, 5.41) is 0.485. The smallest absolute Gasteiger partial charge is 0.243 e. The van der Waals surface area contributed by atoms with E-state index in [1.807, 2.05) is 0 Å². The van der Waals surface area contributed by atoms with E-state index in [1.54, 1.807) is 49.6 Å². The fourth-order valence-corrected chi connectivity index (χ4v) is 4.22. The van der Waals surface area contributed by atoms with Gasteiger partial charge in [0.15, 0.2) is 6.29 Å². The third kappa shape index (κ3) is 3.10. The standard InChI is InChI=1S/C18H17NO5S/c1-23-15-8-6-13(7-9-15)12-25(21,22)19-10-14(11-20)18-16(19)4-3-5-17(18)24-2/h3-11H,12H2,1-2H3. The molecule has 0 fully saturated rings. The fraction of sp³-hybridized carbons (Fsp3) is 0.167. The molecule has 0 radical (unpaired) electrons. The second-order valence-electron chi connectivity index (χ2n) is 5.46. The molecule has 1 heterocycles. The number of carbonyl (C=O) groups is 1. The zero-order valence-electron chi connectivity index (χ0n) is 13.8. The Morgan fingerprint density at radius 3 is 2.36 bits per heavy atom. The third-order valence-electron chi connectivity index (χ3n) is 3.94. The average molecular weight is 359 g/mol. The molecule has 3 rings (SSSR count). The molecule has 0 bridgehead atoms. The van der Waals surface area contributed by atoms with Crippen molar-refractivity contribution in [3.63, 3.8) is 0 Å². The minimum Gasteiger partial charge on any atom is -0.497 e. The molecule has 0 spiro atoms. The van der Waals surface area contributed by atoms with E-state index in [0.29, 0.717) is 34.3 Å². The average Bonchev–Trinajstić information content (AvgIpc) is 3.02. The lowest BCUT2D eigenvalue weighted by Crippen LogP contribution is -2.14. The van der Waals surface area contributed by atoms with E-state index in [4.69, 9.17) is 9.47 Å². The molecule has 2 aromatic carbocycles. The molecule has 0 unspecified atom stereocenters. The highest BCUT2D eigenvalue weighted by Gasteiger charge is 2.21. The zero-order valence-corrected chi connectivity index (χ0v) is 14.6. The van der Waals surface area contributed by atoms with Crippen LogP contribution >= 0.6 is 0 Å². The number of nitrogens with zero attached hydrogens (tertiary/aromatic N) is 1. The van der Waals surface area contributed by atoms with Crippen molar-refractivity contribution in [2.75, 3.05) is 14.2 Å². The molecule has 0 atom stereocenters. The summed E-state index contributed by atoms with van der Waals surface area (Å²) in [6.07, 6.45) is 1.96. The molecule has 130 valence electrons. The van der Waals surface area contributed by atoms with E-state index in [-0.39, 0.29) is 11.3 Å². The number of rotatable bonds is 6. The summed E-state index contributed by atoms with van der Waals surface area (Å²) in [6.45, 7) is 0. The first kappa shape index (κ1) is 17.0. The Hall–Kier alpha value is -2.80. The van der Waals surface area contributed by atoms with Gasteiger partial charge in [0, 0.05) is 11.8 Å². The van der Waals surface area contributed by atoms with Crippen LogP contribution in [0.2, 0.25) is 0 Å². The van der Waals surface area contributed by atoms with Crippen molar-refractivity contribution in [1.29, 1.82) is 0 Å². The van der Waals surface area contributed by atoms with Gasteiger partial charge in [-0.1, -0.05) is 18.2 Å². The van der Waals surface area contributed by atoms with E-state index in [0.717, 1.165) is 3.97 Å². The quantitative estimate of drug-likeness (QED) is 0.633. The monoisotopic (exact) mass is 359 g/mol. The van der Waals surface area contributed by atoms with Gasteiger partial charge in [-0.3, -0.25) is 4.79 Å². The van der Waals surface area contributed by atoms with E-state index < -0.39 is 10.0 Å². The Bertz CT molecular complexity index is 1020. The van der Waals surface area contributed by atoms with Crippen LogP contribution in [0, 0.1) is 0 Å². The van der Waals surface area contributed by atoms with Crippen molar-refractivity contribution in [3.05, 3.63) is 59.8 Å². The summed E-state index contributed by atoms with van der Waals surface area (Å²) < 4.78 is 37.2. The number of aromatic nitrogens is 1. The predicted octanol–water partition coefficient (Wildman–Crippen LogP) is 2.85. The number of methoxy groups -OCH3 is 2. The highest BCUT2D eigenvalue weighted by molar-refractivity contribution is 7.89. The second-order valence-corrected chi connectivity index (χ2v) is 7.30. The summed E-state index contributed by atoms with van der Waals surface area (Å²) in [6, 6.07) is 11.8. The summed E-state index contributed by atoms with van der Waals surface area (Å²) in [7, 11) is -0.686. The van der Waals surface area contributed by atoms with Gasteiger partial charge in [-0.15, -0.1) is 0 Å². The lowest BCUT2D eigenvalue weighted by Gasteiger charge is -2.09. The Kier molecular flexibility index (Phi) is 4.50. The van der Waals surface area contributed by atoms with E-state index in [9.17, 15) is 13.2 Å². The molecule has 3 aromatic rings. The van der Waals surface area contributed by atoms with Gasteiger partial charge in [0.05, 0.1) is 30.9 Å². The lowest BCUT2D eigenvalue weighted by molar-refractivity contribution is 0.112. The van der Waals surface area contributed by atoms with Crippen LogP contribution in [0.3, 0.4) is 0 Å². The van der Waals surface area contributed by atoms with Crippen LogP contribution in [-0.2, 0) is 15.8 Å². The number of benzene rings is 2. The zero-order chi connectivity index (χ0) is 18.0. The Morgan fingerprint density at radius 2 is 1.76 bits per heavy atom. The minimum atomic E-state index is -3.71. The normalized spacial score (nSPS) is 11.4. The van der Waals surface area contributed by atoms with Crippen molar-refractivity contribution < 1.29 is 22.7 Å². The highest BCUT2D eigenvalue weighted by atomic mass is 32.2. The predicted molar refractivity (Wildman–Crippen MR) is 94.9 cm³/mol. The first-order valence-corrected chi connectivity index (χ1v) is 9.10. The van der Waals surface area contributed by atoms with Gasteiger partial charge in [-0.2, -0.15) is 0 Å². The van der Waals surface area contributed by atoms with Crippen LogP contribution in [0.15, 0.2) is 48.7 Å². The molecule has 25 heavy (non-hydrogen) atoms. The number of aldehydes is 1. The maximum atomic E-state index is 12.9. The number of carbonyl (C=O) groups excluding carboxylic acids is 1. The van der Waals surface area contributed by atoms with Crippen LogP contribution in [-0.4, -0.2) is 32.9 Å². The maximum Gasteiger partial charge on any atom is 0.243 e.